The Bertz CT molecular complexity index is 1180. The maximum atomic E-state index is 13.9. The predicted molar refractivity (Wildman–Crippen MR) is 109 cm³/mol. The van der Waals surface area contributed by atoms with Crippen LogP contribution in [0.15, 0.2) is 60.3 Å². The summed E-state index contributed by atoms with van der Waals surface area (Å²) < 4.78 is 29.1. The zero-order valence-electron chi connectivity index (χ0n) is 16.4. The van der Waals surface area contributed by atoms with Gasteiger partial charge in [-0.1, -0.05) is 18.2 Å². The number of carbonyl (C=O) groups excluding carboxylic acids is 2. The first-order valence-electron chi connectivity index (χ1n) is 9.38. The summed E-state index contributed by atoms with van der Waals surface area (Å²) in [5.74, 6) is -1.31. The molecule has 1 fully saturated rings. The molecule has 152 valence electrons. The zero-order chi connectivity index (χ0) is 21.4. The Hall–Kier alpha value is -3.74. The van der Waals surface area contributed by atoms with Crippen LogP contribution < -0.4 is 5.32 Å². The number of urea groups is 1. The molecule has 1 aliphatic heterocycles. The normalized spacial score (nSPS) is 15.2. The van der Waals surface area contributed by atoms with Gasteiger partial charge in [0.25, 0.3) is 5.91 Å². The van der Waals surface area contributed by atoms with Gasteiger partial charge in [-0.3, -0.25) is 9.69 Å². The van der Waals surface area contributed by atoms with E-state index in [1.54, 1.807) is 30.3 Å². The molecule has 30 heavy (non-hydrogen) atoms. The SMILES string of the molecule is Cc1cc(C=C2NC(=O)N(Cc3ccccc3F)C2=O)c(C)n1-c1ccc(F)cc1. The predicted octanol–water partition coefficient (Wildman–Crippen LogP) is 4.47. The van der Waals surface area contributed by atoms with E-state index in [9.17, 15) is 18.4 Å². The third-order valence-corrected chi connectivity index (χ3v) is 5.10. The summed E-state index contributed by atoms with van der Waals surface area (Å²) in [6.07, 6.45) is 1.60. The number of hydrogen-bond donors (Lipinski definition) is 1. The molecule has 3 amide bonds. The summed E-state index contributed by atoms with van der Waals surface area (Å²) >= 11 is 0. The number of rotatable bonds is 4. The largest absolute Gasteiger partial charge is 0.329 e. The highest BCUT2D eigenvalue weighted by Gasteiger charge is 2.34. The van der Waals surface area contributed by atoms with Gasteiger partial charge in [0.2, 0.25) is 0 Å². The maximum absolute atomic E-state index is 13.9. The van der Waals surface area contributed by atoms with Gasteiger partial charge in [0, 0.05) is 22.6 Å². The van der Waals surface area contributed by atoms with Crippen LogP contribution in [-0.2, 0) is 11.3 Å². The number of hydrogen-bond acceptors (Lipinski definition) is 2. The van der Waals surface area contributed by atoms with Crippen LogP contribution in [0.3, 0.4) is 0 Å². The molecule has 7 heteroatoms. The maximum Gasteiger partial charge on any atom is 0.329 e. The molecule has 1 aromatic heterocycles. The first kappa shape index (κ1) is 19.6. The highest BCUT2D eigenvalue weighted by Crippen LogP contribution is 2.25. The van der Waals surface area contributed by atoms with Gasteiger partial charge in [-0.15, -0.1) is 0 Å². The average Bonchev–Trinajstić information content (AvgIpc) is 3.14. The molecule has 3 aromatic rings. The summed E-state index contributed by atoms with van der Waals surface area (Å²) in [6.45, 7) is 3.63. The Morgan fingerprint density at radius 2 is 1.70 bits per heavy atom. The van der Waals surface area contributed by atoms with Crippen LogP contribution in [0.25, 0.3) is 11.8 Å². The van der Waals surface area contributed by atoms with Crippen LogP contribution in [0.1, 0.15) is 22.5 Å². The fourth-order valence-corrected chi connectivity index (χ4v) is 3.59. The Labute approximate surface area is 172 Å². The van der Waals surface area contributed by atoms with Crippen molar-refractivity contribution in [2.45, 2.75) is 20.4 Å². The van der Waals surface area contributed by atoms with Gasteiger partial charge in [0.1, 0.15) is 17.3 Å². The van der Waals surface area contributed by atoms with Gasteiger partial charge in [-0.25, -0.2) is 13.6 Å². The second-order valence-corrected chi connectivity index (χ2v) is 7.11. The lowest BCUT2D eigenvalue weighted by Crippen LogP contribution is -2.30. The number of halogens is 2. The van der Waals surface area contributed by atoms with Gasteiger partial charge in [0.05, 0.1) is 6.54 Å². The lowest BCUT2D eigenvalue weighted by molar-refractivity contribution is -0.123. The Balaban J connectivity index is 1.63. The molecule has 5 nitrogen and oxygen atoms in total. The van der Waals surface area contributed by atoms with Crippen LogP contribution in [0.2, 0.25) is 0 Å². The molecule has 0 radical (unpaired) electrons. The van der Waals surface area contributed by atoms with E-state index in [4.69, 9.17) is 0 Å². The number of carbonyl (C=O) groups is 2. The summed E-state index contributed by atoms with van der Waals surface area (Å²) in [5.41, 5.74) is 3.65. The summed E-state index contributed by atoms with van der Waals surface area (Å²) in [7, 11) is 0. The van der Waals surface area contributed by atoms with Crippen LogP contribution in [0, 0.1) is 25.5 Å². The van der Waals surface area contributed by atoms with E-state index in [0.717, 1.165) is 27.5 Å². The Morgan fingerprint density at radius 1 is 1.00 bits per heavy atom. The molecule has 2 heterocycles. The summed E-state index contributed by atoms with van der Waals surface area (Å²) in [6, 6.07) is 13.4. The molecule has 0 spiro atoms. The number of nitrogens with zero attached hydrogens (tertiary/aromatic N) is 2. The van der Waals surface area contributed by atoms with E-state index < -0.39 is 17.8 Å². The fourth-order valence-electron chi connectivity index (χ4n) is 3.59. The van der Waals surface area contributed by atoms with Crippen LogP contribution in [-0.4, -0.2) is 21.4 Å². The number of imide groups is 1. The topological polar surface area (TPSA) is 54.3 Å². The molecular formula is C23H19F2N3O2. The minimum absolute atomic E-state index is 0.121. The zero-order valence-corrected chi connectivity index (χ0v) is 16.4. The molecule has 1 saturated heterocycles. The molecule has 0 aliphatic carbocycles. The molecular weight excluding hydrogens is 388 g/mol. The molecule has 0 unspecified atom stereocenters. The highest BCUT2D eigenvalue weighted by molar-refractivity contribution is 6.14. The van der Waals surface area contributed by atoms with Crippen LogP contribution in [0.4, 0.5) is 13.6 Å². The summed E-state index contributed by atoms with van der Waals surface area (Å²) in [5, 5.41) is 2.56. The number of amides is 3. The number of aromatic nitrogens is 1. The Kier molecular flexibility index (Phi) is 4.95. The lowest BCUT2D eigenvalue weighted by atomic mass is 10.2. The molecule has 0 bridgehead atoms. The smallest absolute Gasteiger partial charge is 0.318 e. The van der Waals surface area contributed by atoms with Crippen molar-refractivity contribution in [2.24, 2.45) is 0 Å². The van der Waals surface area contributed by atoms with Crippen molar-refractivity contribution in [2.75, 3.05) is 0 Å². The second kappa shape index (κ2) is 7.59. The van der Waals surface area contributed by atoms with Crippen molar-refractivity contribution in [1.29, 1.82) is 0 Å². The Morgan fingerprint density at radius 3 is 2.40 bits per heavy atom. The number of aryl methyl sites for hydroxylation is 1. The van der Waals surface area contributed by atoms with Crippen LogP contribution >= 0.6 is 0 Å². The van der Waals surface area contributed by atoms with Crippen molar-refractivity contribution in [3.63, 3.8) is 0 Å². The summed E-state index contributed by atoms with van der Waals surface area (Å²) in [4.78, 5) is 26.0. The van der Waals surface area contributed by atoms with Crippen LogP contribution in [0.5, 0.6) is 0 Å². The monoisotopic (exact) mass is 407 g/mol. The second-order valence-electron chi connectivity index (χ2n) is 7.11. The van der Waals surface area contributed by atoms with E-state index in [0.29, 0.717) is 0 Å². The van der Waals surface area contributed by atoms with Gasteiger partial charge >= 0.3 is 6.03 Å². The molecule has 4 rings (SSSR count). The minimum atomic E-state index is -0.596. The first-order valence-corrected chi connectivity index (χ1v) is 9.38. The van der Waals surface area contributed by atoms with Crippen molar-refractivity contribution >= 4 is 18.0 Å². The molecule has 1 aliphatic rings. The van der Waals surface area contributed by atoms with E-state index in [-0.39, 0.29) is 23.6 Å². The van der Waals surface area contributed by atoms with Gasteiger partial charge in [-0.2, -0.15) is 0 Å². The molecule has 2 aromatic carbocycles. The highest BCUT2D eigenvalue weighted by atomic mass is 19.1. The van der Waals surface area contributed by atoms with Crippen molar-refractivity contribution in [3.05, 3.63) is 94.4 Å². The average molecular weight is 407 g/mol. The standard InChI is InChI=1S/C23H19F2N3O2/c1-14-11-17(15(2)28(14)19-9-7-18(24)8-10-19)12-21-22(29)27(23(30)26-21)13-16-5-3-4-6-20(16)25/h3-12H,13H2,1-2H3,(H,26,30). The van der Waals surface area contributed by atoms with E-state index in [1.165, 1.54) is 24.3 Å². The fraction of sp³-hybridized carbons (Fsp3) is 0.130. The number of nitrogens with one attached hydrogen (secondary N) is 1. The van der Waals surface area contributed by atoms with Gasteiger partial charge < -0.3 is 9.88 Å². The van der Waals surface area contributed by atoms with Gasteiger partial charge in [0.15, 0.2) is 0 Å². The van der Waals surface area contributed by atoms with Crippen molar-refractivity contribution < 1.29 is 18.4 Å². The third kappa shape index (κ3) is 3.50. The third-order valence-electron chi connectivity index (χ3n) is 5.10. The first-order chi connectivity index (χ1) is 14.3. The van der Waals surface area contributed by atoms with E-state index in [1.807, 2.05) is 24.5 Å². The quantitative estimate of drug-likeness (QED) is 0.513. The minimum Gasteiger partial charge on any atom is -0.318 e. The van der Waals surface area contributed by atoms with Crippen molar-refractivity contribution in [1.82, 2.24) is 14.8 Å². The van der Waals surface area contributed by atoms with E-state index >= 15 is 0 Å². The molecule has 0 atom stereocenters. The molecule has 1 N–H and O–H groups in total. The van der Waals surface area contributed by atoms with E-state index in [2.05, 4.69) is 5.32 Å². The van der Waals surface area contributed by atoms with Gasteiger partial charge in [-0.05, 0) is 61.9 Å². The molecule has 0 saturated carbocycles. The number of benzene rings is 2. The lowest BCUT2D eigenvalue weighted by Gasteiger charge is -2.12. The van der Waals surface area contributed by atoms with Crippen molar-refractivity contribution in [3.8, 4) is 5.69 Å².